The molecular weight excluding hydrogens is 450 g/mol. The van der Waals surface area contributed by atoms with Gasteiger partial charge in [-0.2, -0.15) is 0 Å². The quantitative estimate of drug-likeness (QED) is 0.335. The fourth-order valence-corrected chi connectivity index (χ4v) is 4.05. The van der Waals surface area contributed by atoms with Crippen LogP contribution in [-0.4, -0.2) is 23.8 Å². The van der Waals surface area contributed by atoms with Crippen LogP contribution in [0.25, 0.3) is 0 Å². The highest BCUT2D eigenvalue weighted by Crippen LogP contribution is 2.25. The summed E-state index contributed by atoms with van der Waals surface area (Å²) >= 11 is 0. The van der Waals surface area contributed by atoms with Crippen LogP contribution in [-0.2, 0) is 16.0 Å². The molecule has 0 aliphatic carbocycles. The van der Waals surface area contributed by atoms with Gasteiger partial charge in [0.1, 0.15) is 6.04 Å². The van der Waals surface area contributed by atoms with Crippen LogP contribution in [0, 0.1) is 0 Å². The molecule has 0 aliphatic rings. The molecule has 3 amide bonds. The van der Waals surface area contributed by atoms with Gasteiger partial charge in [-0.05, 0) is 41.0 Å². The standard InChI is InChI=1S/C30H27N3O3/c31-28(34)24-16-18-25(19-17-24)32-29(35)26(20-21-10-4-1-5-11-21)33-30(36)27(22-12-6-2-7-13-22)23-14-8-3-9-15-23/h1-19,26-27H,20H2,(H2,31,34)(H,32,35)(H,33,36)/t26-/m1/s1. The molecule has 6 nitrogen and oxygen atoms in total. The SMILES string of the molecule is NC(=O)c1ccc(NC(=O)[C@@H](Cc2ccccc2)NC(=O)C(c2ccccc2)c2ccccc2)cc1. The van der Waals surface area contributed by atoms with Gasteiger partial charge in [0.2, 0.25) is 17.7 Å². The highest BCUT2D eigenvalue weighted by Gasteiger charge is 2.28. The molecular formula is C30H27N3O3. The summed E-state index contributed by atoms with van der Waals surface area (Å²) in [6, 6.07) is 34.0. The fourth-order valence-electron chi connectivity index (χ4n) is 4.05. The van der Waals surface area contributed by atoms with E-state index < -0.39 is 17.9 Å². The average molecular weight is 478 g/mol. The minimum absolute atomic E-state index is 0.271. The van der Waals surface area contributed by atoms with Crippen LogP contribution in [0.15, 0.2) is 115 Å². The molecule has 6 heteroatoms. The van der Waals surface area contributed by atoms with Gasteiger partial charge in [0.15, 0.2) is 0 Å². The molecule has 0 heterocycles. The first-order valence-electron chi connectivity index (χ1n) is 11.7. The Morgan fingerprint density at radius 1 is 0.639 bits per heavy atom. The van der Waals surface area contributed by atoms with Gasteiger partial charge < -0.3 is 16.4 Å². The fraction of sp³-hybridized carbons (Fsp3) is 0.100. The van der Waals surface area contributed by atoms with Gasteiger partial charge in [0, 0.05) is 17.7 Å². The molecule has 4 N–H and O–H groups in total. The average Bonchev–Trinajstić information content (AvgIpc) is 2.90. The van der Waals surface area contributed by atoms with Crippen molar-refractivity contribution in [3.8, 4) is 0 Å². The van der Waals surface area contributed by atoms with Crippen molar-refractivity contribution in [2.45, 2.75) is 18.4 Å². The zero-order valence-corrected chi connectivity index (χ0v) is 19.6. The summed E-state index contributed by atoms with van der Waals surface area (Å²) in [4.78, 5) is 38.4. The second-order valence-corrected chi connectivity index (χ2v) is 8.44. The molecule has 0 spiro atoms. The lowest BCUT2D eigenvalue weighted by molar-refractivity contribution is -0.126. The molecule has 1 atom stereocenters. The smallest absolute Gasteiger partial charge is 0.248 e. The predicted molar refractivity (Wildman–Crippen MR) is 140 cm³/mol. The third-order valence-electron chi connectivity index (χ3n) is 5.88. The van der Waals surface area contributed by atoms with Crippen LogP contribution < -0.4 is 16.4 Å². The maximum atomic E-state index is 13.7. The monoisotopic (exact) mass is 477 g/mol. The van der Waals surface area contributed by atoms with Crippen LogP contribution >= 0.6 is 0 Å². The van der Waals surface area contributed by atoms with E-state index in [4.69, 9.17) is 5.73 Å². The highest BCUT2D eigenvalue weighted by atomic mass is 16.2. The Morgan fingerprint density at radius 3 is 1.64 bits per heavy atom. The molecule has 0 fully saturated rings. The van der Waals surface area contributed by atoms with E-state index in [2.05, 4.69) is 10.6 Å². The van der Waals surface area contributed by atoms with Gasteiger partial charge in [0.25, 0.3) is 0 Å². The van der Waals surface area contributed by atoms with Crippen LogP contribution in [0.4, 0.5) is 5.69 Å². The lowest BCUT2D eigenvalue weighted by atomic mass is 9.90. The number of hydrogen-bond donors (Lipinski definition) is 3. The number of carbonyl (C=O) groups excluding carboxylic acids is 3. The second-order valence-electron chi connectivity index (χ2n) is 8.44. The van der Waals surface area contributed by atoms with Crippen molar-refractivity contribution < 1.29 is 14.4 Å². The molecule has 0 unspecified atom stereocenters. The Balaban J connectivity index is 1.60. The molecule has 36 heavy (non-hydrogen) atoms. The van der Waals surface area contributed by atoms with E-state index >= 15 is 0 Å². The van der Waals surface area contributed by atoms with Gasteiger partial charge in [-0.15, -0.1) is 0 Å². The summed E-state index contributed by atoms with van der Waals surface area (Å²) in [6.07, 6.45) is 0.314. The molecule has 0 saturated carbocycles. The van der Waals surface area contributed by atoms with E-state index in [1.807, 2.05) is 91.0 Å². The largest absolute Gasteiger partial charge is 0.366 e. The van der Waals surface area contributed by atoms with Crippen molar-refractivity contribution in [1.82, 2.24) is 5.32 Å². The zero-order valence-electron chi connectivity index (χ0n) is 19.6. The van der Waals surface area contributed by atoms with E-state index in [9.17, 15) is 14.4 Å². The molecule has 0 bridgehead atoms. The zero-order chi connectivity index (χ0) is 25.3. The maximum Gasteiger partial charge on any atom is 0.248 e. The Kier molecular flexibility index (Phi) is 7.88. The van der Waals surface area contributed by atoms with Crippen LogP contribution in [0.5, 0.6) is 0 Å². The van der Waals surface area contributed by atoms with Crippen LogP contribution in [0.2, 0.25) is 0 Å². The number of benzene rings is 4. The van der Waals surface area contributed by atoms with Crippen LogP contribution in [0.1, 0.15) is 33.0 Å². The van der Waals surface area contributed by atoms with E-state index in [0.717, 1.165) is 16.7 Å². The van der Waals surface area contributed by atoms with E-state index in [1.54, 1.807) is 24.3 Å². The van der Waals surface area contributed by atoms with Crippen molar-refractivity contribution >= 4 is 23.4 Å². The summed E-state index contributed by atoms with van der Waals surface area (Å²) < 4.78 is 0. The molecule has 0 radical (unpaired) electrons. The van der Waals surface area contributed by atoms with Crippen molar-refractivity contribution in [3.63, 3.8) is 0 Å². The first-order valence-corrected chi connectivity index (χ1v) is 11.7. The number of primary amides is 1. The molecule has 4 rings (SSSR count). The topological polar surface area (TPSA) is 101 Å². The minimum atomic E-state index is -0.828. The number of carbonyl (C=O) groups is 3. The first-order chi connectivity index (χ1) is 17.5. The second kappa shape index (κ2) is 11.6. The Hall–Kier alpha value is -4.71. The minimum Gasteiger partial charge on any atom is -0.366 e. The lowest BCUT2D eigenvalue weighted by Gasteiger charge is -2.23. The third kappa shape index (κ3) is 6.24. The first kappa shape index (κ1) is 24.4. The van der Waals surface area contributed by atoms with Crippen molar-refractivity contribution in [2.24, 2.45) is 5.73 Å². The summed E-state index contributed by atoms with van der Waals surface area (Å²) in [7, 11) is 0. The molecule has 180 valence electrons. The Labute approximate surface area is 210 Å². The summed E-state index contributed by atoms with van der Waals surface area (Å²) in [5, 5.41) is 5.83. The molecule has 0 saturated heterocycles. The van der Waals surface area contributed by atoms with E-state index in [1.165, 1.54) is 0 Å². The van der Waals surface area contributed by atoms with Gasteiger partial charge in [-0.1, -0.05) is 91.0 Å². The number of anilines is 1. The number of nitrogens with two attached hydrogens (primary N) is 1. The third-order valence-corrected chi connectivity index (χ3v) is 5.88. The predicted octanol–water partition coefficient (Wildman–Crippen LogP) is 4.28. The maximum absolute atomic E-state index is 13.7. The number of hydrogen-bond acceptors (Lipinski definition) is 3. The Morgan fingerprint density at radius 2 is 1.14 bits per heavy atom. The van der Waals surface area contributed by atoms with Crippen LogP contribution in [0.3, 0.4) is 0 Å². The molecule has 0 aliphatic heterocycles. The highest BCUT2D eigenvalue weighted by molar-refractivity contribution is 5.99. The molecule has 4 aromatic rings. The van der Waals surface area contributed by atoms with E-state index in [0.29, 0.717) is 17.7 Å². The van der Waals surface area contributed by atoms with Gasteiger partial charge in [-0.25, -0.2) is 0 Å². The van der Waals surface area contributed by atoms with Gasteiger partial charge in [0.05, 0.1) is 5.92 Å². The van der Waals surface area contributed by atoms with Crippen molar-refractivity contribution in [2.75, 3.05) is 5.32 Å². The summed E-state index contributed by atoms with van der Waals surface area (Å²) in [6.45, 7) is 0. The summed E-state index contributed by atoms with van der Waals surface area (Å²) in [5.41, 5.74) is 8.73. The lowest BCUT2D eigenvalue weighted by Crippen LogP contribution is -2.47. The number of nitrogens with one attached hydrogen (secondary N) is 2. The molecule has 4 aromatic carbocycles. The number of rotatable bonds is 9. The van der Waals surface area contributed by atoms with Gasteiger partial charge >= 0.3 is 0 Å². The van der Waals surface area contributed by atoms with Gasteiger partial charge in [-0.3, -0.25) is 14.4 Å². The summed E-state index contributed by atoms with van der Waals surface area (Å²) in [5.74, 6) is -1.75. The van der Waals surface area contributed by atoms with Crippen molar-refractivity contribution in [3.05, 3.63) is 138 Å². The van der Waals surface area contributed by atoms with Crippen molar-refractivity contribution in [1.29, 1.82) is 0 Å². The molecule has 0 aromatic heterocycles. The Bertz CT molecular complexity index is 1270. The number of amides is 3. The normalized spacial score (nSPS) is 11.5. The van der Waals surface area contributed by atoms with E-state index in [-0.39, 0.29) is 11.8 Å².